The second kappa shape index (κ2) is 8.22. The lowest BCUT2D eigenvalue weighted by atomic mass is 10.1. The average Bonchev–Trinajstić information content (AvgIpc) is 2.50. The van der Waals surface area contributed by atoms with Gasteiger partial charge in [0.05, 0.1) is 18.2 Å². The van der Waals surface area contributed by atoms with Gasteiger partial charge in [0, 0.05) is 15.7 Å². The number of benzene rings is 2. The van der Waals surface area contributed by atoms with Gasteiger partial charge in [-0.3, -0.25) is 4.79 Å². The number of carbonyl (C=O) groups is 1. The highest BCUT2D eigenvalue weighted by Gasteiger charge is 2.16. The van der Waals surface area contributed by atoms with Crippen LogP contribution in [0, 0.1) is 0 Å². The normalized spacial score (nSPS) is 10.3. The van der Waals surface area contributed by atoms with Crippen molar-refractivity contribution < 1.29 is 14.3 Å². The van der Waals surface area contributed by atoms with Crippen molar-refractivity contribution in [3.8, 4) is 11.5 Å². The zero-order valence-corrected chi connectivity index (χ0v) is 15.2. The van der Waals surface area contributed by atoms with Crippen LogP contribution < -0.4 is 14.8 Å². The summed E-state index contributed by atoms with van der Waals surface area (Å²) in [7, 11) is 0. The number of carbonyl (C=O) groups excluding carboxylic acids is 1. The molecule has 0 spiro atoms. The average molecular weight is 399 g/mol. The van der Waals surface area contributed by atoms with E-state index in [2.05, 4.69) is 21.2 Å². The largest absolute Gasteiger partial charge is 0.490 e. The highest BCUT2D eigenvalue weighted by atomic mass is 79.9. The monoisotopic (exact) mass is 397 g/mol. The number of hydrogen-bond donors (Lipinski definition) is 1. The molecule has 0 radical (unpaired) electrons. The zero-order chi connectivity index (χ0) is 16.8. The molecule has 0 saturated heterocycles. The first-order chi connectivity index (χ1) is 11.0. The molecule has 4 nitrogen and oxygen atoms in total. The first-order valence-corrected chi connectivity index (χ1v) is 8.38. The summed E-state index contributed by atoms with van der Waals surface area (Å²) < 4.78 is 11.9. The van der Waals surface area contributed by atoms with E-state index in [1.54, 1.807) is 12.1 Å². The molecule has 1 amide bonds. The molecule has 0 aliphatic heterocycles. The highest BCUT2D eigenvalue weighted by Crippen LogP contribution is 2.37. The van der Waals surface area contributed by atoms with Gasteiger partial charge < -0.3 is 14.8 Å². The molecular weight excluding hydrogens is 382 g/mol. The summed E-state index contributed by atoms with van der Waals surface area (Å²) in [6, 6.07) is 10.6. The molecule has 2 aromatic rings. The van der Waals surface area contributed by atoms with E-state index in [1.807, 2.05) is 38.1 Å². The molecule has 0 aliphatic carbocycles. The zero-order valence-electron chi connectivity index (χ0n) is 12.9. The second-order valence-corrected chi connectivity index (χ2v) is 5.94. The molecule has 0 heterocycles. The minimum absolute atomic E-state index is 0.269. The Labute approximate surface area is 148 Å². The number of hydrogen-bond acceptors (Lipinski definition) is 3. The molecule has 0 aliphatic rings. The van der Waals surface area contributed by atoms with E-state index >= 15 is 0 Å². The maximum absolute atomic E-state index is 12.4. The van der Waals surface area contributed by atoms with E-state index in [0.29, 0.717) is 41.0 Å². The maximum atomic E-state index is 12.4. The Hall–Kier alpha value is -1.72. The third-order valence-electron chi connectivity index (χ3n) is 2.94. The molecule has 0 fully saturated rings. The van der Waals surface area contributed by atoms with Crippen molar-refractivity contribution in [2.75, 3.05) is 18.5 Å². The van der Waals surface area contributed by atoms with Crippen LogP contribution in [0.15, 0.2) is 40.9 Å². The van der Waals surface area contributed by atoms with E-state index in [0.717, 1.165) is 4.47 Å². The van der Waals surface area contributed by atoms with Crippen LogP contribution >= 0.6 is 27.5 Å². The first kappa shape index (κ1) is 17.6. The van der Waals surface area contributed by atoms with Crippen molar-refractivity contribution in [3.05, 3.63) is 51.5 Å². The fourth-order valence-electron chi connectivity index (χ4n) is 2.02. The Balaban J connectivity index is 2.29. The van der Waals surface area contributed by atoms with Gasteiger partial charge in [-0.05, 0) is 44.2 Å². The third-order valence-corrected chi connectivity index (χ3v) is 3.72. The lowest BCUT2D eigenvalue weighted by Gasteiger charge is -2.14. The van der Waals surface area contributed by atoms with Crippen molar-refractivity contribution in [2.24, 2.45) is 0 Å². The Morgan fingerprint density at radius 2 is 1.91 bits per heavy atom. The number of ether oxygens (including phenoxy) is 2. The van der Waals surface area contributed by atoms with Crippen molar-refractivity contribution in [2.45, 2.75) is 13.8 Å². The van der Waals surface area contributed by atoms with Gasteiger partial charge in [-0.2, -0.15) is 0 Å². The van der Waals surface area contributed by atoms with Crippen LogP contribution in [0.1, 0.15) is 24.2 Å². The van der Waals surface area contributed by atoms with Gasteiger partial charge in [-0.15, -0.1) is 0 Å². The predicted octanol–water partition coefficient (Wildman–Crippen LogP) is 5.15. The Bertz CT molecular complexity index is 706. The molecule has 23 heavy (non-hydrogen) atoms. The van der Waals surface area contributed by atoms with Gasteiger partial charge >= 0.3 is 0 Å². The van der Waals surface area contributed by atoms with Crippen LogP contribution in [0.2, 0.25) is 5.02 Å². The van der Waals surface area contributed by atoms with Crippen molar-refractivity contribution in [1.29, 1.82) is 0 Å². The van der Waals surface area contributed by atoms with E-state index in [9.17, 15) is 4.79 Å². The van der Waals surface area contributed by atoms with Crippen LogP contribution in [0.5, 0.6) is 11.5 Å². The molecule has 2 aromatic carbocycles. The van der Waals surface area contributed by atoms with Crippen LogP contribution in [-0.4, -0.2) is 19.1 Å². The number of amides is 1. The van der Waals surface area contributed by atoms with E-state index in [4.69, 9.17) is 21.1 Å². The standard InChI is InChI=1S/C17H17BrClNO3/c1-3-22-15-9-11(8-14(19)16(15)23-4-2)17(21)20-13-7-5-6-12(18)10-13/h5-10H,3-4H2,1-2H3,(H,20,21). The highest BCUT2D eigenvalue weighted by molar-refractivity contribution is 9.10. The molecule has 6 heteroatoms. The summed E-state index contributed by atoms with van der Waals surface area (Å²) in [6.45, 7) is 4.63. The van der Waals surface area contributed by atoms with Gasteiger partial charge in [-0.1, -0.05) is 33.6 Å². The summed E-state index contributed by atoms with van der Waals surface area (Å²) in [6.07, 6.45) is 0. The van der Waals surface area contributed by atoms with E-state index < -0.39 is 0 Å². The summed E-state index contributed by atoms with van der Waals surface area (Å²) in [5.74, 6) is 0.644. The van der Waals surface area contributed by atoms with Gasteiger partial charge in [0.1, 0.15) is 0 Å². The van der Waals surface area contributed by atoms with Gasteiger partial charge in [-0.25, -0.2) is 0 Å². The minimum atomic E-state index is -0.269. The Kier molecular flexibility index (Phi) is 6.30. The van der Waals surface area contributed by atoms with Crippen LogP contribution in [0.4, 0.5) is 5.69 Å². The SMILES string of the molecule is CCOc1cc(C(=O)Nc2cccc(Br)c2)cc(Cl)c1OCC. The van der Waals surface area contributed by atoms with Gasteiger partial charge in [0.25, 0.3) is 5.91 Å². The predicted molar refractivity (Wildman–Crippen MR) is 95.9 cm³/mol. The maximum Gasteiger partial charge on any atom is 0.255 e. The van der Waals surface area contributed by atoms with Crippen molar-refractivity contribution in [1.82, 2.24) is 0 Å². The van der Waals surface area contributed by atoms with Gasteiger partial charge in [0.15, 0.2) is 11.5 Å². The summed E-state index contributed by atoms with van der Waals surface area (Å²) in [5.41, 5.74) is 1.09. The fraction of sp³-hybridized carbons (Fsp3) is 0.235. The van der Waals surface area contributed by atoms with Gasteiger partial charge in [0.2, 0.25) is 0 Å². The number of nitrogens with one attached hydrogen (secondary N) is 1. The van der Waals surface area contributed by atoms with Crippen molar-refractivity contribution >= 4 is 39.1 Å². The second-order valence-electron chi connectivity index (χ2n) is 4.62. The third kappa shape index (κ3) is 4.62. The number of anilines is 1. The molecule has 122 valence electrons. The lowest BCUT2D eigenvalue weighted by molar-refractivity contribution is 0.102. The molecule has 0 bridgehead atoms. The van der Waals surface area contributed by atoms with Crippen LogP contribution in [0.3, 0.4) is 0 Å². The smallest absolute Gasteiger partial charge is 0.255 e. The topological polar surface area (TPSA) is 47.6 Å². The molecular formula is C17H17BrClNO3. The molecule has 2 rings (SSSR count). The van der Waals surface area contributed by atoms with E-state index in [1.165, 1.54) is 0 Å². The van der Waals surface area contributed by atoms with E-state index in [-0.39, 0.29) is 5.91 Å². The summed E-state index contributed by atoms with van der Waals surface area (Å²) in [4.78, 5) is 12.4. The number of rotatable bonds is 6. The minimum Gasteiger partial charge on any atom is -0.490 e. The Morgan fingerprint density at radius 1 is 1.17 bits per heavy atom. The summed E-state index contributed by atoms with van der Waals surface area (Å²) in [5, 5.41) is 3.17. The van der Waals surface area contributed by atoms with Crippen LogP contribution in [0.25, 0.3) is 0 Å². The quantitative estimate of drug-likeness (QED) is 0.732. The number of halogens is 2. The summed E-state index contributed by atoms with van der Waals surface area (Å²) >= 11 is 9.60. The lowest BCUT2D eigenvalue weighted by Crippen LogP contribution is -2.12. The molecule has 0 unspecified atom stereocenters. The molecule has 0 aromatic heterocycles. The van der Waals surface area contributed by atoms with Crippen molar-refractivity contribution in [3.63, 3.8) is 0 Å². The first-order valence-electron chi connectivity index (χ1n) is 7.21. The molecule has 1 N–H and O–H groups in total. The van der Waals surface area contributed by atoms with Crippen LogP contribution in [-0.2, 0) is 0 Å². The Morgan fingerprint density at radius 3 is 2.57 bits per heavy atom. The molecule has 0 atom stereocenters. The molecule has 0 saturated carbocycles. The fourth-order valence-corrected chi connectivity index (χ4v) is 2.68.